The van der Waals surface area contributed by atoms with Crippen LogP contribution in [0.15, 0.2) is 0 Å². The average Bonchev–Trinajstić information content (AvgIpc) is 3.05. The molecule has 1 aliphatic heterocycles. The van der Waals surface area contributed by atoms with Gasteiger partial charge in [-0.15, -0.1) is 0 Å². The first-order valence-electron chi connectivity index (χ1n) is 7.00. The molecule has 1 saturated heterocycles. The van der Waals surface area contributed by atoms with Gasteiger partial charge in [-0.2, -0.15) is 0 Å². The molecule has 94 valence electrons. The Kier molecular flexibility index (Phi) is 3.60. The Morgan fingerprint density at radius 3 is 2.38 bits per heavy atom. The standard InChI is InChI=1S/C14H28N2/c1-11-6-7-16(9-12(11)2)14(3,10-15)8-13-4-5-13/h11-13H,4-10,15H2,1-3H3. The monoisotopic (exact) mass is 224 g/mol. The normalized spacial score (nSPS) is 36.0. The molecular weight excluding hydrogens is 196 g/mol. The van der Waals surface area contributed by atoms with Crippen LogP contribution in [-0.4, -0.2) is 30.1 Å². The molecule has 2 heteroatoms. The Balaban J connectivity index is 1.97. The molecule has 0 aromatic heterocycles. The van der Waals surface area contributed by atoms with Gasteiger partial charge in [-0.1, -0.05) is 26.7 Å². The molecule has 2 nitrogen and oxygen atoms in total. The third-order valence-electron chi connectivity index (χ3n) is 4.96. The molecular formula is C14H28N2. The topological polar surface area (TPSA) is 29.3 Å². The second kappa shape index (κ2) is 4.66. The first kappa shape index (κ1) is 12.4. The van der Waals surface area contributed by atoms with Crippen LogP contribution in [0.4, 0.5) is 0 Å². The fraction of sp³-hybridized carbons (Fsp3) is 1.00. The SMILES string of the molecule is CC1CCN(C(C)(CN)CC2CC2)CC1C. The molecule has 1 aliphatic carbocycles. The van der Waals surface area contributed by atoms with E-state index in [1.54, 1.807) is 0 Å². The molecule has 3 atom stereocenters. The van der Waals surface area contributed by atoms with E-state index in [9.17, 15) is 0 Å². The number of nitrogens with zero attached hydrogens (tertiary/aromatic N) is 1. The van der Waals surface area contributed by atoms with Crippen LogP contribution >= 0.6 is 0 Å². The number of nitrogens with two attached hydrogens (primary N) is 1. The molecule has 1 heterocycles. The minimum atomic E-state index is 0.273. The van der Waals surface area contributed by atoms with Crippen molar-refractivity contribution < 1.29 is 0 Å². The first-order valence-corrected chi connectivity index (χ1v) is 7.00. The van der Waals surface area contributed by atoms with Crippen LogP contribution < -0.4 is 5.73 Å². The smallest absolute Gasteiger partial charge is 0.0306 e. The summed E-state index contributed by atoms with van der Waals surface area (Å²) in [5.41, 5.74) is 6.33. The quantitative estimate of drug-likeness (QED) is 0.795. The lowest BCUT2D eigenvalue weighted by atomic mass is 9.83. The summed E-state index contributed by atoms with van der Waals surface area (Å²) in [5.74, 6) is 2.70. The average molecular weight is 224 g/mol. The molecule has 0 amide bonds. The summed E-state index contributed by atoms with van der Waals surface area (Å²) in [5, 5.41) is 0. The van der Waals surface area contributed by atoms with E-state index in [2.05, 4.69) is 25.7 Å². The number of hydrogen-bond acceptors (Lipinski definition) is 2. The van der Waals surface area contributed by atoms with Crippen molar-refractivity contribution in [3.05, 3.63) is 0 Å². The van der Waals surface area contributed by atoms with Crippen LogP contribution in [0.1, 0.15) is 46.5 Å². The van der Waals surface area contributed by atoms with E-state index in [1.807, 2.05) is 0 Å². The number of rotatable bonds is 4. The van der Waals surface area contributed by atoms with E-state index in [0.717, 1.165) is 24.3 Å². The zero-order valence-electron chi connectivity index (χ0n) is 11.2. The van der Waals surface area contributed by atoms with Crippen molar-refractivity contribution in [2.24, 2.45) is 23.5 Å². The largest absolute Gasteiger partial charge is 0.329 e. The van der Waals surface area contributed by atoms with Gasteiger partial charge in [0.25, 0.3) is 0 Å². The third kappa shape index (κ3) is 2.60. The maximum absolute atomic E-state index is 6.05. The zero-order valence-corrected chi connectivity index (χ0v) is 11.2. The van der Waals surface area contributed by atoms with E-state index in [1.165, 1.54) is 38.8 Å². The first-order chi connectivity index (χ1) is 7.55. The summed E-state index contributed by atoms with van der Waals surface area (Å²) in [4.78, 5) is 2.68. The molecule has 2 rings (SSSR count). The predicted octanol–water partition coefficient (Wildman–Crippen LogP) is 2.48. The summed E-state index contributed by atoms with van der Waals surface area (Å²) in [7, 11) is 0. The Bertz CT molecular complexity index is 237. The Morgan fingerprint density at radius 1 is 1.19 bits per heavy atom. The van der Waals surface area contributed by atoms with Gasteiger partial charge in [-0.25, -0.2) is 0 Å². The second-order valence-electron chi connectivity index (χ2n) is 6.54. The molecule has 0 bridgehead atoms. The summed E-state index contributed by atoms with van der Waals surface area (Å²) in [6.45, 7) is 10.5. The molecule has 2 aliphatic rings. The van der Waals surface area contributed by atoms with Crippen LogP contribution in [0, 0.1) is 17.8 Å². The minimum absolute atomic E-state index is 0.273. The lowest BCUT2D eigenvalue weighted by Crippen LogP contribution is -2.56. The van der Waals surface area contributed by atoms with E-state index < -0.39 is 0 Å². The number of hydrogen-bond donors (Lipinski definition) is 1. The van der Waals surface area contributed by atoms with Crippen LogP contribution in [0.2, 0.25) is 0 Å². The van der Waals surface area contributed by atoms with E-state index >= 15 is 0 Å². The number of piperidine rings is 1. The highest BCUT2D eigenvalue weighted by atomic mass is 15.2. The summed E-state index contributed by atoms with van der Waals surface area (Å²) in [6, 6.07) is 0. The zero-order chi connectivity index (χ0) is 11.8. The lowest BCUT2D eigenvalue weighted by Gasteiger charge is -2.46. The van der Waals surface area contributed by atoms with Gasteiger partial charge >= 0.3 is 0 Å². The van der Waals surface area contributed by atoms with E-state index in [-0.39, 0.29) is 5.54 Å². The minimum Gasteiger partial charge on any atom is -0.329 e. The van der Waals surface area contributed by atoms with E-state index in [0.29, 0.717) is 0 Å². The molecule has 3 unspecified atom stereocenters. The van der Waals surface area contributed by atoms with Crippen LogP contribution in [-0.2, 0) is 0 Å². The summed E-state index contributed by atoms with van der Waals surface area (Å²) in [6.07, 6.45) is 5.55. The van der Waals surface area contributed by atoms with Crippen molar-refractivity contribution in [1.82, 2.24) is 4.90 Å². The van der Waals surface area contributed by atoms with Crippen LogP contribution in [0.25, 0.3) is 0 Å². The van der Waals surface area contributed by atoms with Gasteiger partial charge in [-0.05, 0) is 44.1 Å². The highest BCUT2D eigenvalue weighted by Gasteiger charge is 2.39. The van der Waals surface area contributed by atoms with Crippen molar-refractivity contribution in [2.45, 2.75) is 52.0 Å². The highest BCUT2D eigenvalue weighted by molar-refractivity contribution is 4.95. The van der Waals surface area contributed by atoms with Crippen molar-refractivity contribution >= 4 is 0 Å². The maximum atomic E-state index is 6.05. The molecule has 2 N–H and O–H groups in total. The number of likely N-dealkylation sites (tertiary alicyclic amines) is 1. The highest BCUT2D eigenvalue weighted by Crippen LogP contribution is 2.40. The van der Waals surface area contributed by atoms with Gasteiger partial charge in [0, 0.05) is 18.6 Å². The fourth-order valence-corrected chi connectivity index (χ4v) is 3.04. The summed E-state index contributed by atoms with van der Waals surface area (Å²) >= 11 is 0. The van der Waals surface area contributed by atoms with Crippen molar-refractivity contribution in [1.29, 1.82) is 0 Å². The fourth-order valence-electron chi connectivity index (χ4n) is 3.04. The van der Waals surface area contributed by atoms with E-state index in [4.69, 9.17) is 5.73 Å². The molecule has 0 radical (unpaired) electrons. The summed E-state index contributed by atoms with van der Waals surface area (Å²) < 4.78 is 0. The second-order valence-corrected chi connectivity index (χ2v) is 6.54. The van der Waals surface area contributed by atoms with Crippen molar-refractivity contribution in [3.8, 4) is 0 Å². The van der Waals surface area contributed by atoms with Crippen molar-refractivity contribution in [3.63, 3.8) is 0 Å². The molecule has 1 saturated carbocycles. The Morgan fingerprint density at radius 2 is 1.88 bits per heavy atom. The van der Waals surface area contributed by atoms with Gasteiger partial charge in [-0.3, -0.25) is 4.90 Å². The van der Waals surface area contributed by atoms with Crippen LogP contribution in [0.5, 0.6) is 0 Å². The lowest BCUT2D eigenvalue weighted by molar-refractivity contribution is 0.0330. The molecule has 0 aromatic carbocycles. The van der Waals surface area contributed by atoms with Gasteiger partial charge < -0.3 is 5.73 Å². The van der Waals surface area contributed by atoms with Gasteiger partial charge in [0.15, 0.2) is 0 Å². The van der Waals surface area contributed by atoms with Gasteiger partial charge in [0.2, 0.25) is 0 Å². The Hall–Kier alpha value is -0.0800. The Labute approximate surface area is 101 Å². The molecule has 0 spiro atoms. The van der Waals surface area contributed by atoms with Crippen LogP contribution in [0.3, 0.4) is 0 Å². The third-order valence-corrected chi connectivity index (χ3v) is 4.96. The molecule has 0 aromatic rings. The van der Waals surface area contributed by atoms with Crippen molar-refractivity contribution in [2.75, 3.05) is 19.6 Å². The van der Waals surface area contributed by atoms with Gasteiger partial charge in [0.05, 0.1) is 0 Å². The predicted molar refractivity (Wildman–Crippen MR) is 69.3 cm³/mol. The van der Waals surface area contributed by atoms with Gasteiger partial charge in [0.1, 0.15) is 0 Å². The molecule has 2 fully saturated rings. The maximum Gasteiger partial charge on any atom is 0.0306 e. The molecule has 16 heavy (non-hydrogen) atoms.